The topological polar surface area (TPSA) is 94.6 Å². The summed E-state index contributed by atoms with van der Waals surface area (Å²) >= 11 is 0. The largest absolute Gasteiger partial charge is 0.497 e. The minimum Gasteiger partial charge on any atom is -0.497 e. The molecule has 2 N–H and O–H groups in total. The van der Waals surface area contributed by atoms with Crippen LogP contribution >= 0.6 is 0 Å². The van der Waals surface area contributed by atoms with Crippen LogP contribution in [0.1, 0.15) is 24.0 Å². The Balaban J connectivity index is 2.28. The number of esters is 1. The van der Waals surface area contributed by atoms with Crippen LogP contribution in [0.2, 0.25) is 0 Å². The van der Waals surface area contributed by atoms with Gasteiger partial charge in [0.15, 0.2) is 0 Å². The van der Waals surface area contributed by atoms with Gasteiger partial charge >= 0.3 is 5.97 Å². The van der Waals surface area contributed by atoms with Crippen LogP contribution in [0.5, 0.6) is 5.75 Å². The first-order chi connectivity index (χ1) is 13.6. The van der Waals surface area contributed by atoms with Crippen molar-refractivity contribution in [2.75, 3.05) is 13.7 Å². The van der Waals surface area contributed by atoms with E-state index in [2.05, 4.69) is 6.07 Å². The fourth-order valence-corrected chi connectivity index (χ4v) is 3.14. The van der Waals surface area contributed by atoms with Crippen LogP contribution in [0, 0.1) is 11.3 Å². The lowest BCUT2D eigenvalue weighted by atomic mass is 9.82. The Morgan fingerprint density at radius 2 is 1.96 bits per heavy atom. The molecule has 3 rings (SSSR count). The summed E-state index contributed by atoms with van der Waals surface area (Å²) < 4.78 is 16.3. The number of hydrogen-bond acceptors (Lipinski definition) is 6. The van der Waals surface area contributed by atoms with E-state index in [-0.39, 0.29) is 29.4 Å². The maximum atomic E-state index is 12.9. The predicted molar refractivity (Wildman–Crippen MR) is 104 cm³/mol. The number of carbonyl (C=O) groups excluding carboxylic acids is 1. The molecule has 142 valence electrons. The number of methoxy groups -OCH3 is 1. The van der Waals surface area contributed by atoms with E-state index in [0.29, 0.717) is 16.9 Å². The number of rotatable bonds is 5. The minimum atomic E-state index is -0.733. The van der Waals surface area contributed by atoms with Crippen molar-refractivity contribution < 1.29 is 19.0 Å². The van der Waals surface area contributed by atoms with E-state index >= 15 is 0 Å². The second-order valence-corrected chi connectivity index (χ2v) is 6.03. The molecular weight excluding hydrogens is 356 g/mol. The van der Waals surface area contributed by atoms with E-state index in [9.17, 15) is 10.1 Å². The summed E-state index contributed by atoms with van der Waals surface area (Å²) in [7, 11) is 1.55. The molecule has 1 aliphatic heterocycles. The summed E-state index contributed by atoms with van der Waals surface area (Å²) in [4.78, 5) is 12.9. The van der Waals surface area contributed by atoms with Crippen LogP contribution in [-0.4, -0.2) is 19.7 Å². The minimum absolute atomic E-state index is 0.0396. The van der Waals surface area contributed by atoms with E-state index in [4.69, 9.17) is 19.9 Å². The van der Waals surface area contributed by atoms with E-state index < -0.39 is 11.9 Å². The maximum Gasteiger partial charge on any atom is 0.338 e. The van der Waals surface area contributed by atoms with Crippen molar-refractivity contribution in [1.29, 1.82) is 5.26 Å². The molecule has 0 spiro atoms. The highest BCUT2D eigenvalue weighted by atomic mass is 16.5. The van der Waals surface area contributed by atoms with Gasteiger partial charge in [0.25, 0.3) is 0 Å². The number of nitrogens with zero attached hydrogens (tertiary/aromatic N) is 1. The number of benzene rings is 2. The van der Waals surface area contributed by atoms with Crippen LogP contribution in [0.15, 0.2) is 71.6 Å². The van der Waals surface area contributed by atoms with Crippen LogP contribution in [-0.2, 0) is 14.3 Å². The summed E-state index contributed by atoms with van der Waals surface area (Å²) in [6.45, 7) is 1.91. The van der Waals surface area contributed by atoms with Gasteiger partial charge in [-0.3, -0.25) is 0 Å². The third-order valence-electron chi connectivity index (χ3n) is 4.38. The van der Waals surface area contributed by atoms with Gasteiger partial charge in [-0.25, -0.2) is 4.79 Å². The van der Waals surface area contributed by atoms with Crippen LogP contribution in [0.3, 0.4) is 0 Å². The number of ether oxygens (including phenoxy) is 3. The van der Waals surface area contributed by atoms with Crippen molar-refractivity contribution in [3.63, 3.8) is 0 Å². The first-order valence-electron chi connectivity index (χ1n) is 8.79. The summed E-state index contributed by atoms with van der Waals surface area (Å²) in [5.74, 6) is -0.451. The zero-order chi connectivity index (χ0) is 20.1. The molecule has 0 aromatic heterocycles. The Bertz CT molecular complexity index is 987. The molecule has 1 aliphatic rings. The Morgan fingerprint density at radius 3 is 2.61 bits per heavy atom. The predicted octanol–water partition coefficient (Wildman–Crippen LogP) is 3.48. The molecule has 2 aromatic rings. The fraction of sp³-hybridized carbons (Fsp3) is 0.182. The van der Waals surface area contributed by atoms with Crippen molar-refractivity contribution in [3.05, 3.63) is 82.8 Å². The van der Waals surface area contributed by atoms with Crippen LogP contribution in [0.4, 0.5) is 0 Å². The van der Waals surface area contributed by atoms with E-state index in [0.717, 1.165) is 0 Å². The number of hydrogen-bond donors (Lipinski definition) is 1. The number of allylic oxidation sites excluding steroid dienone is 1. The summed E-state index contributed by atoms with van der Waals surface area (Å²) in [5, 5.41) is 9.73. The van der Waals surface area contributed by atoms with Gasteiger partial charge in [-0.2, -0.15) is 5.26 Å². The van der Waals surface area contributed by atoms with Crippen LogP contribution < -0.4 is 10.5 Å². The molecule has 0 amide bonds. The van der Waals surface area contributed by atoms with Gasteiger partial charge in [-0.1, -0.05) is 42.5 Å². The van der Waals surface area contributed by atoms with Gasteiger partial charge in [0.2, 0.25) is 5.88 Å². The standard InChI is InChI=1S/C22H20N2O4/c1-3-27-22(25)19-18(15-10-7-11-16(12-15)26-2)17(13-23)21(24)28-20(19)14-8-5-4-6-9-14/h4-12,18H,3,24H2,1-2H3/t18-/m0/s1. The summed E-state index contributed by atoms with van der Waals surface area (Å²) in [6, 6.07) is 18.4. The van der Waals surface area contributed by atoms with Crippen molar-refractivity contribution in [3.8, 4) is 11.8 Å². The monoisotopic (exact) mass is 376 g/mol. The molecule has 1 atom stereocenters. The zero-order valence-corrected chi connectivity index (χ0v) is 15.6. The fourth-order valence-electron chi connectivity index (χ4n) is 3.14. The third kappa shape index (κ3) is 3.55. The number of nitriles is 1. The van der Waals surface area contributed by atoms with E-state index in [1.165, 1.54) is 0 Å². The Kier molecular flexibility index (Phi) is 5.66. The smallest absolute Gasteiger partial charge is 0.338 e. The van der Waals surface area contributed by atoms with Gasteiger partial charge < -0.3 is 19.9 Å². The Morgan fingerprint density at radius 1 is 1.21 bits per heavy atom. The number of nitrogens with two attached hydrogens (primary N) is 1. The lowest BCUT2D eigenvalue weighted by molar-refractivity contribution is -0.138. The molecule has 0 fully saturated rings. The van der Waals surface area contributed by atoms with Gasteiger partial charge in [0.1, 0.15) is 23.2 Å². The molecule has 0 saturated carbocycles. The molecule has 28 heavy (non-hydrogen) atoms. The Labute approximate surface area is 163 Å². The summed E-state index contributed by atoms with van der Waals surface area (Å²) in [5.41, 5.74) is 7.79. The van der Waals surface area contributed by atoms with E-state index in [1.54, 1.807) is 32.2 Å². The first-order valence-corrected chi connectivity index (χ1v) is 8.79. The molecule has 0 bridgehead atoms. The average molecular weight is 376 g/mol. The van der Waals surface area contributed by atoms with Crippen molar-refractivity contribution in [1.82, 2.24) is 0 Å². The molecule has 0 aliphatic carbocycles. The van der Waals surface area contributed by atoms with Crippen LogP contribution in [0.25, 0.3) is 5.76 Å². The molecular formula is C22H20N2O4. The average Bonchev–Trinajstić information content (AvgIpc) is 2.73. The molecule has 1 heterocycles. The third-order valence-corrected chi connectivity index (χ3v) is 4.38. The maximum absolute atomic E-state index is 12.9. The normalized spacial score (nSPS) is 16.2. The highest BCUT2D eigenvalue weighted by Gasteiger charge is 2.38. The molecule has 0 saturated heterocycles. The van der Waals surface area contributed by atoms with Crippen molar-refractivity contribution in [2.24, 2.45) is 5.73 Å². The van der Waals surface area contributed by atoms with Crippen molar-refractivity contribution >= 4 is 11.7 Å². The molecule has 6 nitrogen and oxygen atoms in total. The lowest BCUT2D eigenvalue weighted by Gasteiger charge is -2.28. The van der Waals surface area contributed by atoms with Gasteiger partial charge in [0.05, 0.1) is 25.2 Å². The lowest BCUT2D eigenvalue weighted by Crippen LogP contribution is -2.25. The summed E-state index contributed by atoms with van der Waals surface area (Å²) in [6.07, 6.45) is 0. The van der Waals surface area contributed by atoms with Crippen molar-refractivity contribution in [2.45, 2.75) is 12.8 Å². The molecule has 6 heteroatoms. The van der Waals surface area contributed by atoms with Gasteiger partial charge in [-0.05, 0) is 24.6 Å². The Hall–Kier alpha value is -3.72. The highest BCUT2D eigenvalue weighted by molar-refractivity contribution is 5.99. The molecule has 2 aromatic carbocycles. The molecule has 0 radical (unpaired) electrons. The molecule has 0 unspecified atom stereocenters. The quantitative estimate of drug-likeness (QED) is 0.803. The second-order valence-electron chi connectivity index (χ2n) is 6.03. The van der Waals surface area contributed by atoms with E-state index in [1.807, 2.05) is 36.4 Å². The second kappa shape index (κ2) is 8.31. The van der Waals surface area contributed by atoms with Gasteiger partial charge in [0, 0.05) is 5.56 Å². The first kappa shape index (κ1) is 19.1. The highest BCUT2D eigenvalue weighted by Crippen LogP contribution is 2.43. The zero-order valence-electron chi connectivity index (χ0n) is 15.6. The number of carbonyl (C=O) groups is 1. The van der Waals surface area contributed by atoms with Gasteiger partial charge in [-0.15, -0.1) is 0 Å². The SMILES string of the molecule is CCOC(=O)C1=C(c2ccccc2)OC(N)=C(C#N)[C@@H]1c1cccc(OC)c1.